The molecule has 4 aromatic rings. The minimum atomic E-state index is -0.367. The summed E-state index contributed by atoms with van der Waals surface area (Å²) in [5.41, 5.74) is 7.61. The van der Waals surface area contributed by atoms with Crippen molar-refractivity contribution in [2.24, 2.45) is 0 Å². The molecule has 0 unspecified atom stereocenters. The third-order valence-electron chi connectivity index (χ3n) is 5.08. The molecular weight excluding hydrogens is 370 g/mol. The number of hydrogen-bond donors (Lipinski definition) is 0. The third kappa shape index (κ3) is 4.06. The number of benzene rings is 4. The fourth-order valence-corrected chi connectivity index (χ4v) is 3.59. The molecule has 0 aliphatic heterocycles. The van der Waals surface area contributed by atoms with Crippen LogP contribution in [0.3, 0.4) is 0 Å². The highest BCUT2D eigenvalue weighted by Crippen LogP contribution is 2.37. The van der Waals surface area contributed by atoms with Crippen molar-refractivity contribution in [2.45, 2.75) is 6.92 Å². The van der Waals surface area contributed by atoms with Gasteiger partial charge in [0.05, 0.1) is 4.92 Å². The summed E-state index contributed by atoms with van der Waals surface area (Å²) in [5.74, 6) is 0. The van der Waals surface area contributed by atoms with Gasteiger partial charge in [-0.05, 0) is 52.5 Å². The van der Waals surface area contributed by atoms with Gasteiger partial charge in [-0.15, -0.1) is 0 Å². The molecule has 4 aromatic carbocycles. The Labute approximate surface area is 176 Å². The molecule has 30 heavy (non-hydrogen) atoms. The Hall–Kier alpha value is -3.98. The van der Waals surface area contributed by atoms with Crippen molar-refractivity contribution in [1.82, 2.24) is 0 Å². The molecule has 0 aliphatic carbocycles. The van der Waals surface area contributed by atoms with Crippen LogP contribution < -0.4 is 0 Å². The lowest BCUT2D eigenvalue weighted by Crippen LogP contribution is -1.98. The second kappa shape index (κ2) is 8.58. The van der Waals surface area contributed by atoms with Gasteiger partial charge in [0.25, 0.3) is 5.69 Å². The SMILES string of the molecule is Cc1ccc(/C(=C(\c2ccccc2)c2ccc([N+](=O)[O-])cc2)c2ccccc2)cc1. The first-order valence-corrected chi connectivity index (χ1v) is 9.80. The van der Waals surface area contributed by atoms with E-state index in [1.807, 2.05) is 48.5 Å². The molecule has 3 heteroatoms. The Morgan fingerprint density at radius 2 is 0.933 bits per heavy atom. The van der Waals surface area contributed by atoms with Crippen LogP contribution in [0.25, 0.3) is 11.1 Å². The summed E-state index contributed by atoms with van der Waals surface area (Å²) in [5, 5.41) is 11.2. The predicted octanol–water partition coefficient (Wildman–Crippen LogP) is 6.91. The lowest BCUT2D eigenvalue weighted by molar-refractivity contribution is -0.384. The van der Waals surface area contributed by atoms with Crippen molar-refractivity contribution in [3.05, 3.63) is 147 Å². The average molecular weight is 391 g/mol. The number of rotatable bonds is 5. The maximum Gasteiger partial charge on any atom is 0.269 e. The van der Waals surface area contributed by atoms with Gasteiger partial charge in [-0.1, -0.05) is 90.5 Å². The number of hydrogen-bond acceptors (Lipinski definition) is 2. The quantitative estimate of drug-likeness (QED) is 0.211. The molecule has 4 rings (SSSR count). The van der Waals surface area contributed by atoms with E-state index in [1.54, 1.807) is 12.1 Å². The first-order chi connectivity index (χ1) is 14.6. The second-order valence-corrected chi connectivity index (χ2v) is 7.15. The molecule has 0 aromatic heterocycles. The number of nitrogens with zero attached hydrogens (tertiary/aromatic N) is 1. The van der Waals surface area contributed by atoms with Crippen LogP contribution in [-0.4, -0.2) is 4.92 Å². The second-order valence-electron chi connectivity index (χ2n) is 7.15. The first kappa shape index (κ1) is 19.3. The molecule has 3 nitrogen and oxygen atoms in total. The molecule has 0 aliphatic rings. The van der Waals surface area contributed by atoms with E-state index in [0.29, 0.717) is 0 Å². The van der Waals surface area contributed by atoms with Crippen molar-refractivity contribution in [1.29, 1.82) is 0 Å². The fourth-order valence-electron chi connectivity index (χ4n) is 3.59. The summed E-state index contributed by atoms with van der Waals surface area (Å²) >= 11 is 0. The van der Waals surface area contributed by atoms with Crippen LogP contribution in [0.5, 0.6) is 0 Å². The molecule has 0 N–H and O–H groups in total. The van der Waals surface area contributed by atoms with Crippen LogP contribution in [0.15, 0.2) is 109 Å². The van der Waals surface area contributed by atoms with Gasteiger partial charge in [0.1, 0.15) is 0 Å². The van der Waals surface area contributed by atoms with Crippen molar-refractivity contribution in [2.75, 3.05) is 0 Å². The van der Waals surface area contributed by atoms with E-state index in [1.165, 1.54) is 5.56 Å². The van der Waals surface area contributed by atoms with Gasteiger partial charge in [-0.25, -0.2) is 0 Å². The van der Waals surface area contributed by atoms with E-state index >= 15 is 0 Å². The van der Waals surface area contributed by atoms with E-state index in [2.05, 4.69) is 55.5 Å². The molecule has 0 amide bonds. The Kier molecular flexibility index (Phi) is 5.53. The van der Waals surface area contributed by atoms with Crippen LogP contribution in [0.4, 0.5) is 5.69 Å². The van der Waals surface area contributed by atoms with Gasteiger partial charge >= 0.3 is 0 Å². The highest BCUT2D eigenvalue weighted by Gasteiger charge is 2.17. The zero-order valence-corrected chi connectivity index (χ0v) is 16.7. The van der Waals surface area contributed by atoms with E-state index in [-0.39, 0.29) is 10.6 Å². The molecule has 0 spiro atoms. The van der Waals surface area contributed by atoms with Crippen molar-refractivity contribution in [3.8, 4) is 0 Å². The van der Waals surface area contributed by atoms with Gasteiger partial charge < -0.3 is 0 Å². The molecule has 0 bridgehead atoms. The Bertz CT molecular complexity index is 1180. The minimum Gasteiger partial charge on any atom is -0.258 e. The number of nitro groups is 1. The normalized spacial score (nSPS) is 11.6. The van der Waals surface area contributed by atoms with E-state index < -0.39 is 0 Å². The zero-order valence-electron chi connectivity index (χ0n) is 16.7. The number of non-ortho nitro benzene ring substituents is 1. The molecule has 0 atom stereocenters. The molecule has 0 radical (unpaired) electrons. The summed E-state index contributed by atoms with van der Waals surface area (Å²) in [7, 11) is 0. The van der Waals surface area contributed by atoms with E-state index in [0.717, 1.165) is 33.4 Å². The van der Waals surface area contributed by atoms with Gasteiger partial charge in [0.2, 0.25) is 0 Å². The summed E-state index contributed by atoms with van der Waals surface area (Å²) < 4.78 is 0. The van der Waals surface area contributed by atoms with Crippen molar-refractivity contribution >= 4 is 16.8 Å². The Morgan fingerprint density at radius 1 is 0.567 bits per heavy atom. The summed E-state index contributed by atoms with van der Waals surface area (Å²) in [6.07, 6.45) is 0. The Morgan fingerprint density at radius 3 is 1.33 bits per heavy atom. The number of nitro benzene ring substituents is 1. The molecule has 0 saturated heterocycles. The van der Waals surface area contributed by atoms with E-state index in [4.69, 9.17) is 0 Å². The predicted molar refractivity (Wildman–Crippen MR) is 122 cm³/mol. The van der Waals surface area contributed by atoms with Crippen LogP contribution in [-0.2, 0) is 0 Å². The summed E-state index contributed by atoms with van der Waals surface area (Å²) in [6, 6.07) is 35.7. The van der Waals surface area contributed by atoms with Crippen LogP contribution in [0.2, 0.25) is 0 Å². The molecular formula is C27H21NO2. The number of aryl methyl sites for hydroxylation is 1. The van der Waals surface area contributed by atoms with Gasteiger partial charge in [0, 0.05) is 12.1 Å². The lowest BCUT2D eigenvalue weighted by Gasteiger charge is -2.18. The summed E-state index contributed by atoms with van der Waals surface area (Å²) in [6.45, 7) is 2.07. The first-order valence-electron chi connectivity index (χ1n) is 9.80. The third-order valence-corrected chi connectivity index (χ3v) is 5.08. The Balaban J connectivity index is 2.05. The molecule has 0 saturated carbocycles. The van der Waals surface area contributed by atoms with Gasteiger partial charge in [-0.2, -0.15) is 0 Å². The maximum absolute atomic E-state index is 11.2. The van der Waals surface area contributed by atoms with Gasteiger partial charge in [-0.3, -0.25) is 10.1 Å². The maximum atomic E-state index is 11.2. The van der Waals surface area contributed by atoms with Crippen molar-refractivity contribution < 1.29 is 4.92 Å². The fraction of sp³-hybridized carbons (Fsp3) is 0.0370. The highest BCUT2D eigenvalue weighted by atomic mass is 16.6. The van der Waals surface area contributed by atoms with Crippen molar-refractivity contribution in [3.63, 3.8) is 0 Å². The van der Waals surface area contributed by atoms with Gasteiger partial charge in [0.15, 0.2) is 0 Å². The highest BCUT2D eigenvalue weighted by molar-refractivity contribution is 6.04. The van der Waals surface area contributed by atoms with Crippen LogP contribution in [0.1, 0.15) is 27.8 Å². The zero-order chi connectivity index (χ0) is 20.9. The molecule has 0 fully saturated rings. The topological polar surface area (TPSA) is 43.1 Å². The smallest absolute Gasteiger partial charge is 0.258 e. The molecule has 0 heterocycles. The largest absolute Gasteiger partial charge is 0.269 e. The monoisotopic (exact) mass is 391 g/mol. The standard InChI is InChI=1S/C27H21NO2/c1-20-12-14-23(15-13-20)26(21-8-4-2-5-9-21)27(22-10-6-3-7-11-22)24-16-18-25(19-17-24)28(29)30/h2-19H,1H3/b27-26+. The molecule has 146 valence electrons. The average Bonchev–Trinajstić information content (AvgIpc) is 2.79. The van der Waals surface area contributed by atoms with Crippen LogP contribution in [0, 0.1) is 17.0 Å². The lowest BCUT2D eigenvalue weighted by atomic mass is 9.85. The van der Waals surface area contributed by atoms with E-state index in [9.17, 15) is 10.1 Å². The minimum absolute atomic E-state index is 0.0859. The summed E-state index contributed by atoms with van der Waals surface area (Å²) in [4.78, 5) is 10.8. The van der Waals surface area contributed by atoms with Crippen LogP contribution >= 0.6 is 0 Å².